The zero-order valence-corrected chi connectivity index (χ0v) is 19.9. The lowest BCUT2D eigenvalue weighted by Gasteiger charge is -2.21. The largest absolute Gasteiger partial charge is 0.451 e. The lowest BCUT2D eigenvalue weighted by Crippen LogP contribution is -2.47. The fourth-order valence-electron chi connectivity index (χ4n) is 2.58. The van der Waals surface area contributed by atoms with E-state index in [2.05, 4.69) is 36.7 Å². The van der Waals surface area contributed by atoms with Gasteiger partial charge >= 0.3 is 12.0 Å². The molecule has 31 heavy (non-hydrogen) atoms. The number of rotatable bonds is 9. The van der Waals surface area contributed by atoms with Crippen molar-refractivity contribution in [1.29, 1.82) is 0 Å². The molecular weight excluding hydrogens is 418 g/mol. The number of thioether (sulfide) groups is 1. The summed E-state index contributed by atoms with van der Waals surface area (Å²) in [5.74, 6) is -1.26. The zero-order valence-electron chi connectivity index (χ0n) is 19.0. The van der Waals surface area contributed by atoms with Crippen LogP contribution in [0.4, 0.5) is 4.79 Å². The third kappa shape index (κ3) is 9.00. The van der Waals surface area contributed by atoms with Crippen LogP contribution >= 0.6 is 11.8 Å². The Labute approximate surface area is 188 Å². The second-order valence-electron chi connectivity index (χ2n) is 8.06. The Kier molecular flexibility index (Phi) is 10.5. The van der Waals surface area contributed by atoms with Crippen molar-refractivity contribution in [1.82, 2.24) is 16.0 Å². The molecule has 3 N–H and O–H groups in total. The van der Waals surface area contributed by atoms with E-state index in [1.54, 1.807) is 19.1 Å². The number of esters is 1. The van der Waals surface area contributed by atoms with Crippen LogP contribution in [0, 0.1) is 0 Å². The molecule has 2 atom stereocenters. The first kappa shape index (κ1) is 26.5. The lowest BCUT2D eigenvalue weighted by atomic mass is 9.86. The first-order valence-electron chi connectivity index (χ1n) is 10.2. The van der Waals surface area contributed by atoms with Crippen LogP contribution < -0.4 is 16.0 Å². The van der Waals surface area contributed by atoms with Gasteiger partial charge in [0.05, 0.1) is 0 Å². The number of benzene rings is 1. The number of hydrogen-bond acceptors (Lipinski definition) is 6. The molecule has 0 spiro atoms. The van der Waals surface area contributed by atoms with Crippen LogP contribution in [-0.2, 0) is 19.7 Å². The van der Waals surface area contributed by atoms with Crippen LogP contribution in [0.3, 0.4) is 0 Å². The maximum absolute atomic E-state index is 12.7. The van der Waals surface area contributed by atoms with Crippen LogP contribution in [0.5, 0.6) is 0 Å². The fraction of sp³-hybridized carbons (Fsp3) is 0.545. The lowest BCUT2D eigenvalue weighted by molar-refractivity contribution is -0.156. The van der Waals surface area contributed by atoms with E-state index in [-0.39, 0.29) is 5.41 Å². The van der Waals surface area contributed by atoms with Crippen molar-refractivity contribution in [3.05, 3.63) is 35.4 Å². The number of imide groups is 1. The molecule has 1 aromatic carbocycles. The normalized spacial score (nSPS) is 13.0. The number of urea groups is 1. The summed E-state index contributed by atoms with van der Waals surface area (Å²) < 4.78 is 5.20. The van der Waals surface area contributed by atoms with E-state index in [4.69, 9.17) is 4.74 Å². The monoisotopic (exact) mass is 451 g/mol. The quantitative estimate of drug-likeness (QED) is 0.498. The summed E-state index contributed by atoms with van der Waals surface area (Å²) in [6, 6.07) is 5.63. The smallest absolute Gasteiger partial charge is 0.329 e. The van der Waals surface area contributed by atoms with E-state index >= 15 is 0 Å². The fourth-order valence-corrected chi connectivity index (χ4v) is 3.05. The molecule has 0 saturated heterocycles. The van der Waals surface area contributed by atoms with Crippen LogP contribution in [0.15, 0.2) is 24.3 Å². The molecule has 0 aromatic heterocycles. The third-order valence-electron chi connectivity index (χ3n) is 4.45. The van der Waals surface area contributed by atoms with E-state index in [0.717, 1.165) is 5.56 Å². The molecule has 0 aliphatic rings. The molecule has 0 heterocycles. The van der Waals surface area contributed by atoms with Gasteiger partial charge in [-0.25, -0.2) is 9.59 Å². The highest BCUT2D eigenvalue weighted by atomic mass is 32.2. The van der Waals surface area contributed by atoms with E-state index < -0.39 is 36.0 Å². The third-order valence-corrected chi connectivity index (χ3v) is 5.09. The minimum Gasteiger partial charge on any atom is -0.451 e. The van der Waals surface area contributed by atoms with Gasteiger partial charge in [-0.1, -0.05) is 32.9 Å². The maximum Gasteiger partial charge on any atom is 0.329 e. The molecule has 9 heteroatoms. The maximum atomic E-state index is 12.7. The van der Waals surface area contributed by atoms with Crippen molar-refractivity contribution in [2.24, 2.45) is 0 Å². The topological polar surface area (TPSA) is 114 Å². The summed E-state index contributed by atoms with van der Waals surface area (Å²) in [5.41, 5.74) is 1.48. The number of amides is 4. The van der Waals surface area contributed by atoms with Crippen molar-refractivity contribution in [3.63, 3.8) is 0 Å². The van der Waals surface area contributed by atoms with Gasteiger partial charge in [0.1, 0.15) is 6.04 Å². The summed E-state index contributed by atoms with van der Waals surface area (Å²) >= 11 is 1.52. The van der Waals surface area contributed by atoms with Gasteiger partial charge in [-0.2, -0.15) is 11.8 Å². The second kappa shape index (κ2) is 12.3. The molecule has 172 valence electrons. The number of ether oxygens (including phenoxy) is 1. The molecule has 0 radical (unpaired) electrons. The molecule has 2 unspecified atom stereocenters. The van der Waals surface area contributed by atoms with Gasteiger partial charge in [0.2, 0.25) is 0 Å². The first-order chi connectivity index (χ1) is 14.5. The average molecular weight is 452 g/mol. The van der Waals surface area contributed by atoms with E-state index in [9.17, 15) is 19.2 Å². The van der Waals surface area contributed by atoms with Gasteiger partial charge < -0.3 is 15.4 Å². The minimum absolute atomic E-state index is 0.0373. The first-order valence-corrected chi connectivity index (χ1v) is 11.6. The molecule has 0 aliphatic heterocycles. The second-order valence-corrected chi connectivity index (χ2v) is 9.05. The van der Waals surface area contributed by atoms with Crippen LogP contribution in [0.25, 0.3) is 0 Å². The zero-order chi connectivity index (χ0) is 23.6. The molecule has 0 bridgehead atoms. The van der Waals surface area contributed by atoms with Crippen LogP contribution in [0.1, 0.15) is 57.0 Å². The summed E-state index contributed by atoms with van der Waals surface area (Å²) in [6.07, 6.45) is 1.05. The molecule has 4 amide bonds. The Hall–Kier alpha value is -2.55. The number of nitrogens with one attached hydrogen (secondary N) is 3. The molecule has 8 nitrogen and oxygen atoms in total. The summed E-state index contributed by atoms with van der Waals surface area (Å²) in [6.45, 7) is 9.68. The minimum atomic E-state index is -1.19. The predicted molar refractivity (Wildman–Crippen MR) is 122 cm³/mol. The van der Waals surface area contributed by atoms with Crippen molar-refractivity contribution >= 4 is 35.6 Å². The van der Waals surface area contributed by atoms with Gasteiger partial charge in [-0.05, 0) is 55.4 Å². The Morgan fingerprint density at radius 2 is 1.71 bits per heavy atom. The van der Waals surface area contributed by atoms with Gasteiger partial charge in [-0.15, -0.1) is 0 Å². The highest BCUT2D eigenvalue weighted by Crippen LogP contribution is 2.22. The summed E-state index contributed by atoms with van der Waals surface area (Å²) in [4.78, 5) is 48.7. The average Bonchev–Trinajstić information content (AvgIpc) is 2.70. The summed E-state index contributed by atoms with van der Waals surface area (Å²) in [5, 5.41) is 7.21. The molecule has 0 fully saturated rings. The van der Waals surface area contributed by atoms with Gasteiger partial charge in [0.25, 0.3) is 11.8 Å². The predicted octanol–water partition coefficient (Wildman–Crippen LogP) is 2.61. The Balaban J connectivity index is 2.80. The molecule has 1 aromatic rings. The summed E-state index contributed by atoms with van der Waals surface area (Å²) in [7, 11) is 0. The van der Waals surface area contributed by atoms with E-state index in [1.807, 2.05) is 18.4 Å². The van der Waals surface area contributed by atoms with Crippen molar-refractivity contribution in [3.8, 4) is 0 Å². The number of carbonyl (C=O) groups is 4. The van der Waals surface area contributed by atoms with Crippen LogP contribution in [0.2, 0.25) is 0 Å². The molecule has 0 aliphatic carbocycles. The van der Waals surface area contributed by atoms with Crippen LogP contribution in [-0.4, -0.2) is 54.5 Å². The number of hydrogen-bond donors (Lipinski definition) is 3. The van der Waals surface area contributed by atoms with Crippen molar-refractivity contribution in [2.45, 2.75) is 58.6 Å². The Morgan fingerprint density at radius 3 is 2.23 bits per heavy atom. The Morgan fingerprint density at radius 1 is 1.10 bits per heavy atom. The highest BCUT2D eigenvalue weighted by molar-refractivity contribution is 7.98. The molecule has 1 rings (SSSR count). The van der Waals surface area contributed by atoms with Gasteiger partial charge in [0, 0.05) is 12.1 Å². The van der Waals surface area contributed by atoms with Gasteiger partial charge in [0.15, 0.2) is 6.10 Å². The van der Waals surface area contributed by atoms with Crippen molar-refractivity contribution in [2.75, 3.05) is 18.6 Å². The Bertz CT molecular complexity index is 774. The van der Waals surface area contributed by atoms with E-state index in [0.29, 0.717) is 24.3 Å². The van der Waals surface area contributed by atoms with E-state index in [1.165, 1.54) is 18.7 Å². The molecular formula is C22H33N3O5S. The van der Waals surface area contributed by atoms with Crippen molar-refractivity contribution < 1.29 is 23.9 Å². The SMILES string of the molecule is CCNC(=O)NC(=O)C(C)OC(=O)C(CCSC)NC(=O)c1ccc(C(C)(C)C)cc1. The highest BCUT2D eigenvalue weighted by Gasteiger charge is 2.27. The standard InChI is InChI=1S/C22H33N3O5S/c1-7-23-21(29)25-18(26)14(2)30-20(28)17(12-13-31-6)24-19(27)15-8-10-16(11-9-15)22(3,4)5/h8-11,14,17H,7,12-13H2,1-6H3,(H,24,27)(H2,23,25,26,29). The number of carbonyl (C=O) groups excluding carboxylic acids is 4. The van der Waals surface area contributed by atoms with Gasteiger partial charge in [-0.3, -0.25) is 14.9 Å². The molecule has 0 saturated carbocycles.